The number of alkyl halides is 3. The number of nitrogens with zero attached hydrogens (tertiary/aromatic N) is 2. The van der Waals surface area contributed by atoms with Gasteiger partial charge in [0.1, 0.15) is 11.2 Å². The lowest BCUT2D eigenvalue weighted by Crippen LogP contribution is -2.56. The third-order valence-electron chi connectivity index (χ3n) is 4.90. The zero-order valence-corrected chi connectivity index (χ0v) is 14.0. The Hall–Kier alpha value is -2.16. The number of pyridine rings is 1. The third-order valence-corrected chi connectivity index (χ3v) is 4.90. The fourth-order valence-corrected chi connectivity index (χ4v) is 3.26. The van der Waals surface area contributed by atoms with Crippen LogP contribution >= 0.6 is 0 Å². The van der Waals surface area contributed by atoms with Crippen molar-refractivity contribution in [3.63, 3.8) is 0 Å². The second-order valence-corrected chi connectivity index (χ2v) is 6.65. The van der Waals surface area contributed by atoms with Crippen LogP contribution in [0.5, 0.6) is 0 Å². The van der Waals surface area contributed by atoms with Gasteiger partial charge in [0.25, 0.3) is 11.8 Å². The van der Waals surface area contributed by atoms with E-state index in [1.807, 2.05) is 0 Å². The van der Waals surface area contributed by atoms with Gasteiger partial charge in [-0.2, -0.15) is 13.2 Å². The van der Waals surface area contributed by atoms with E-state index in [2.05, 4.69) is 10.3 Å². The van der Waals surface area contributed by atoms with Crippen molar-refractivity contribution in [2.24, 2.45) is 5.92 Å². The Labute approximate surface area is 142 Å². The number of carbonyl (C=O) groups is 2. The molecule has 0 aliphatic carbocycles. The summed E-state index contributed by atoms with van der Waals surface area (Å²) >= 11 is 0. The summed E-state index contributed by atoms with van der Waals surface area (Å²) < 4.78 is 43.1. The standard InChI is InChI=1S/C16H18F3N3O3/c1-9(2)14(3)13(24)21-16(25-8-6-15(17,18)19)11-10(5-4-7-20-11)12(23)22(14)16/h4-5,7,9H,6,8H2,1-3H3,(H,21,24). The first-order valence-corrected chi connectivity index (χ1v) is 7.87. The van der Waals surface area contributed by atoms with E-state index in [0.29, 0.717) is 0 Å². The van der Waals surface area contributed by atoms with E-state index in [0.717, 1.165) is 0 Å². The molecule has 0 bridgehead atoms. The van der Waals surface area contributed by atoms with Crippen molar-refractivity contribution in [2.45, 2.75) is 44.8 Å². The summed E-state index contributed by atoms with van der Waals surface area (Å²) in [6, 6.07) is 3.07. The number of halogens is 3. The molecule has 9 heteroatoms. The molecule has 2 aliphatic heterocycles. The molecule has 25 heavy (non-hydrogen) atoms. The number of rotatable bonds is 4. The van der Waals surface area contributed by atoms with E-state index < -0.39 is 42.4 Å². The maximum absolute atomic E-state index is 12.9. The van der Waals surface area contributed by atoms with Gasteiger partial charge in [-0.05, 0) is 25.0 Å². The number of aromatic nitrogens is 1. The average molecular weight is 357 g/mol. The lowest BCUT2D eigenvalue weighted by Gasteiger charge is -2.39. The summed E-state index contributed by atoms with van der Waals surface area (Å²) in [6.45, 7) is 4.38. The van der Waals surface area contributed by atoms with Gasteiger partial charge in [-0.3, -0.25) is 19.5 Å². The van der Waals surface area contributed by atoms with Crippen LogP contribution in [0.3, 0.4) is 0 Å². The molecule has 2 unspecified atom stereocenters. The highest BCUT2D eigenvalue weighted by atomic mass is 19.4. The van der Waals surface area contributed by atoms with Gasteiger partial charge in [-0.1, -0.05) is 13.8 Å². The molecule has 136 valence electrons. The van der Waals surface area contributed by atoms with Crippen LogP contribution in [0.4, 0.5) is 13.2 Å². The summed E-state index contributed by atoms with van der Waals surface area (Å²) in [4.78, 5) is 30.8. The molecule has 2 aliphatic rings. The lowest BCUT2D eigenvalue weighted by molar-refractivity contribution is -0.191. The number of ether oxygens (including phenoxy) is 1. The number of fused-ring (bicyclic) bond motifs is 3. The van der Waals surface area contributed by atoms with Crippen LogP contribution in [-0.2, 0) is 15.4 Å². The first-order chi connectivity index (χ1) is 11.5. The van der Waals surface area contributed by atoms with Crippen molar-refractivity contribution in [3.05, 3.63) is 29.6 Å². The van der Waals surface area contributed by atoms with Crippen molar-refractivity contribution in [3.8, 4) is 0 Å². The van der Waals surface area contributed by atoms with Gasteiger partial charge in [0.2, 0.25) is 5.91 Å². The molecule has 1 fully saturated rings. The third kappa shape index (κ3) is 2.40. The molecule has 0 radical (unpaired) electrons. The minimum Gasteiger partial charge on any atom is -0.333 e. The van der Waals surface area contributed by atoms with E-state index >= 15 is 0 Å². The average Bonchev–Trinajstić information content (AvgIpc) is 2.89. The van der Waals surface area contributed by atoms with Crippen LogP contribution in [0.15, 0.2) is 18.3 Å². The Morgan fingerprint density at radius 1 is 1.36 bits per heavy atom. The van der Waals surface area contributed by atoms with Gasteiger partial charge in [0.05, 0.1) is 18.6 Å². The second-order valence-electron chi connectivity index (χ2n) is 6.65. The molecule has 6 nitrogen and oxygen atoms in total. The first kappa shape index (κ1) is 17.7. The van der Waals surface area contributed by atoms with Gasteiger partial charge in [-0.15, -0.1) is 0 Å². The molecule has 1 saturated heterocycles. The van der Waals surface area contributed by atoms with Crippen molar-refractivity contribution < 1.29 is 27.5 Å². The molecular weight excluding hydrogens is 339 g/mol. The number of hydrogen-bond donors (Lipinski definition) is 1. The molecular formula is C16H18F3N3O3. The van der Waals surface area contributed by atoms with Crippen molar-refractivity contribution in [1.29, 1.82) is 0 Å². The molecule has 2 atom stereocenters. The summed E-state index contributed by atoms with van der Waals surface area (Å²) in [7, 11) is 0. The maximum Gasteiger partial charge on any atom is 0.391 e. The van der Waals surface area contributed by atoms with Gasteiger partial charge < -0.3 is 10.1 Å². The topological polar surface area (TPSA) is 71.5 Å². The van der Waals surface area contributed by atoms with Crippen molar-refractivity contribution in [2.75, 3.05) is 6.61 Å². The molecule has 3 rings (SSSR count). The van der Waals surface area contributed by atoms with Gasteiger partial charge in [-0.25, -0.2) is 0 Å². The quantitative estimate of drug-likeness (QED) is 0.896. The number of hydrogen-bond acceptors (Lipinski definition) is 4. The number of amides is 2. The highest BCUT2D eigenvalue weighted by Gasteiger charge is 2.68. The Bertz CT molecular complexity index is 737. The Morgan fingerprint density at radius 2 is 2.04 bits per heavy atom. The highest BCUT2D eigenvalue weighted by molar-refractivity contribution is 6.06. The SMILES string of the molecule is CC(C)C1(C)C(=O)NC2(OCCC(F)(F)F)c3ncccc3C(=O)N21. The lowest BCUT2D eigenvalue weighted by atomic mass is 9.87. The molecule has 1 N–H and O–H groups in total. The van der Waals surface area contributed by atoms with E-state index in [-0.39, 0.29) is 17.2 Å². The Kier molecular flexibility index (Phi) is 3.83. The summed E-state index contributed by atoms with van der Waals surface area (Å²) in [5, 5.41) is 2.59. The van der Waals surface area contributed by atoms with Crippen LogP contribution in [0.1, 0.15) is 43.2 Å². The molecule has 0 saturated carbocycles. The van der Waals surface area contributed by atoms with Crippen LogP contribution < -0.4 is 5.32 Å². The summed E-state index contributed by atoms with van der Waals surface area (Å²) in [5.41, 5.74) is -0.947. The van der Waals surface area contributed by atoms with Crippen molar-refractivity contribution in [1.82, 2.24) is 15.2 Å². The maximum atomic E-state index is 12.9. The minimum absolute atomic E-state index is 0.111. The van der Waals surface area contributed by atoms with Gasteiger partial charge >= 0.3 is 6.18 Å². The van der Waals surface area contributed by atoms with Crippen LogP contribution in [0, 0.1) is 5.92 Å². The Morgan fingerprint density at radius 3 is 2.64 bits per heavy atom. The predicted octanol–water partition coefficient (Wildman–Crippen LogP) is 2.16. The van der Waals surface area contributed by atoms with E-state index in [9.17, 15) is 22.8 Å². The molecule has 1 aromatic heterocycles. The number of carbonyl (C=O) groups excluding carboxylic acids is 2. The molecule has 0 spiro atoms. The largest absolute Gasteiger partial charge is 0.391 e. The smallest absolute Gasteiger partial charge is 0.333 e. The van der Waals surface area contributed by atoms with E-state index in [1.54, 1.807) is 26.8 Å². The second kappa shape index (κ2) is 5.42. The molecule has 3 heterocycles. The minimum atomic E-state index is -4.42. The number of nitrogens with one attached hydrogen (secondary N) is 1. The molecule has 0 aromatic carbocycles. The monoisotopic (exact) mass is 357 g/mol. The van der Waals surface area contributed by atoms with Gasteiger partial charge in [0.15, 0.2) is 0 Å². The van der Waals surface area contributed by atoms with E-state index in [4.69, 9.17) is 4.74 Å². The summed E-state index contributed by atoms with van der Waals surface area (Å²) in [6.07, 6.45) is -4.21. The first-order valence-electron chi connectivity index (χ1n) is 7.87. The van der Waals surface area contributed by atoms with Crippen LogP contribution in [0.25, 0.3) is 0 Å². The fourth-order valence-electron chi connectivity index (χ4n) is 3.26. The Balaban J connectivity index is 2.08. The van der Waals surface area contributed by atoms with Crippen LogP contribution in [0.2, 0.25) is 0 Å². The normalized spacial score (nSPS) is 28.4. The van der Waals surface area contributed by atoms with Gasteiger partial charge in [0, 0.05) is 6.20 Å². The van der Waals surface area contributed by atoms with Crippen molar-refractivity contribution >= 4 is 11.8 Å². The summed E-state index contributed by atoms with van der Waals surface area (Å²) in [5.74, 6) is -3.09. The molecule has 2 amide bonds. The zero-order chi connectivity index (χ0) is 18.6. The predicted molar refractivity (Wildman–Crippen MR) is 80.1 cm³/mol. The highest BCUT2D eigenvalue weighted by Crippen LogP contribution is 2.48. The van der Waals surface area contributed by atoms with E-state index in [1.165, 1.54) is 17.2 Å². The van der Waals surface area contributed by atoms with Crippen LogP contribution in [-0.4, -0.2) is 40.0 Å². The fraction of sp³-hybridized carbons (Fsp3) is 0.562. The molecule has 1 aromatic rings. The zero-order valence-electron chi connectivity index (χ0n) is 14.0.